The molecule has 0 spiro atoms. The number of rotatable bonds is 6. The summed E-state index contributed by atoms with van der Waals surface area (Å²) in [5.41, 5.74) is 0.766. The van der Waals surface area contributed by atoms with Crippen LogP contribution in [-0.2, 0) is 9.59 Å². The van der Waals surface area contributed by atoms with Gasteiger partial charge in [0.15, 0.2) is 0 Å². The zero-order valence-corrected chi connectivity index (χ0v) is 14.0. The number of nitrogens with one attached hydrogen (secondary N) is 2. The second-order valence-corrected chi connectivity index (χ2v) is 6.13. The number of carbonyl (C=O) groups is 2. The summed E-state index contributed by atoms with van der Waals surface area (Å²) in [6, 6.07) is 13.8. The number of benzene rings is 2. The fourth-order valence-electron chi connectivity index (χ4n) is 2.09. The van der Waals surface area contributed by atoms with E-state index in [2.05, 4.69) is 26.6 Å². The minimum Gasteiger partial charge on any atom is -0.355 e. The molecule has 0 aliphatic heterocycles. The molecule has 2 rings (SSSR count). The molecule has 1 atom stereocenters. The number of fused-ring (bicyclic) bond motifs is 1. The van der Waals surface area contributed by atoms with Crippen molar-refractivity contribution in [2.75, 3.05) is 11.9 Å². The number of carbonyl (C=O) groups excluding carboxylic acids is 2. The van der Waals surface area contributed by atoms with Crippen LogP contribution in [0.15, 0.2) is 42.5 Å². The Hall–Kier alpha value is -1.88. The third-order valence-corrected chi connectivity index (χ3v) is 4.39. The summed E-state index contributed by atoms with van der Waals surface area (Å²) in [5.74, 6) is -0.195. The Morgan fingerprint density at radius 2 is 1.86 bits per heavy atom. The summed E-state index contributed by atoms with van der Waals surface area (Å²) in [7, 11) is 0. The van der Waals surface area contributed by atoms with Crippen molar-refractivity contribution >= 4 is 44.2 Å². The average Bonchev–Trinajstić information content (AvgIpc) is 2.53. The Morgan fingerprint density at radius 3 is 2.59 bits per heavy atom. The van der Waals surface area contributed by atoms with Crippen LogP contribution in [0.25, 0.3) is 10.8 Å². The van der Waals surface area contributed by atoms with Crippen LogP contribution in [0.2, 0.25) is 0 Å². The highest BCUT2D eigenvalue weighted by molar-refractivity contribution is 9.10. The van der Waals surface area contributed by atoms with Crippen molar-refractivity contribution in [2.24, 2.45) is 0 Å². The van der Waals surface area contributed by atoms with Gasteiger partial charge in [-0.05, 0) is 29.3 Å². The van der Waals surface area contributed by atoms with Gasteiger partial charge in [-0.15, -0.1) is 0 Å². The molecule has 116 valence electrons. The predicted molar refractivity (Wildman–Crippen MR) is 93.2 cm³/mol. The van der Waals surface area contributed by atoms with Crippen molar-refractivity contribution in [1.29, 1.82) is 0 Å². The molecule has 0 bridgehead atoms. The van der Waals surface area contributed by atoms with Gasteiger partial charge in [-0.3, -0.25) is 9.59 Å². The van der Waals surface area contributed by atoms with Crippen LogP contribution in [0, 0.1) is 0 Å². The second-order valence-electron chi connectivity index (χ2n) is 5.03. The van der Waals surface area contributed by atoms with Crippen molar-refractivity contribution in [2.45, 2.75) is 24.6 Å². The lowest BCUT2D eigenvalue weighted by atomic mass is 10.1. The van der Waals surface area contributed by atoms with Crippen LogP contribution < -0.4 is 10.6 Å². The number of amides is 2. The summed E-state index contributed by atoms with van der Waals surface area (Å²) in [5, 5.41) is 7.80. The molecule has 0 aliphatic rings. The van der Waals surface area contributed by atoms with Crippen LogP contribution >= 0.6 is 15.9 Å². The summed E-state index contributed by atoms with van der Waals surface area (Å²) in [6.45, 7) is 2.26. The van der Waals surface area contributed by atoms with E-state index in [1.165, 1.54) is 0 Å². The highest BCUT2D eigenvalue weighted by atomic mass is 79.9. The van der Waals surface area contributed by atoms with Gasteiger partial charge in [0.2, 0.25) is 11.8 Å². The van der Waals surface area contributed by atoms with Gasteiger partial charge in [0, 0.05) is 18.7 Å². The molecule has 0 fully saturated rings. The van der Waals surface area contributed by atoms with Gasteiger partial charge >= 0.3 is 0 Å². The van der Waals surface area contributed by atoms with Crippen LogP contribution in [-0.4, -0.2) is 23.2 Å². The molecule has 4 nitrogen and oxygen atoms in total. The molecule has 5 heteroatoms. The fraction of sp³-hybridized carbons (Fsp3) is 0.294. The Balaban J connectivity index is 1.84. The standard InChI is InChI=1S/C17H19BrN2O2/c1-2-15(18)17(22)19-10-9-16(21)20-14-8-7-12-5-3-4-6-13(12)11-14/h3-8,11,15H,2,9-10H2,1H3,(H,19,22)(H,20,21)/t15-/m1/s1. The van der Waals surface area contributed by atoms with E-state index in [1.807, 2.05) is 49.4 Å². The van der Waals surface area contributed by atoms with Gasteiger partial charge in [0.1, 0.15) is 0 Å². The predicted octanol–water partition coefficient (Wildman–Crippen LogP) is 3.46. The van der Waals surface area contributed by atoms with Gasteiger partial charge in [-0.2, -0.15) is 0 Å². The maximum absolute atomic E-state index is 11.9. The highest BCUT2D eigenvalue weighted by Crippen LogP contribution is 2.18. The molecule has 2 aromatic carbocycles. The van der Waals surface area contributed by atoms with Crippen LogP contribution in [0.3, 0.4) is 0 Å². The van der Waals surface area contributed by atoms with E-state index in [0.29, 0.717) is 6.54 Å². The summed E-state index contributed by atoms with van der Waals surface area (Å²) in [4.78, 5) is 23.3. The Labute approximate surface area is 138 Å². The van der Waals surface area contributed by atoms with Gasteiger partial charge in [0.05, 0.1) is 4.83 Å². The fourth-order valence-corrected chi connectivity index (χ4v) is 2.25. The Morgan fingerprint density at radius 1 is 1.14 bits per heavy atom. The third kappa shape index (κ3) is 4.56. The van der Waals surface area contributed by atoms with E-state index in [-0.39, 0.29) is 23.1 Å². The first kappa shape index (κ1) is 16.5. The molecular weight excluding hydrogens is 344 g/mol. The Kier molecular flexibility index (Phi) is 5.95. The first-order valence-electron chi connectivity index (χ1n) is 7.30. The van der Waals surface area contributed by atoms with Crippen LogP contribution in [0.5, 0.6) is 0 Å². The third-order valence-electron chi connectivity index (χ3n) is 3.33. The largest absolute Gasteiger partial charge is 0.355 e. The number of alkyl halides is 1. The van der Waals surface area contributed by atoms with Gasteiger partial charge < -0.3 is 10.6 Å². The molecule has 0 aliphatic carbocycles. The normalized spacial score (nSPS) is 11.9. The zero-order valence-electron chi connectivity index (χ0n) is 12.4. The minimum absolute atomic E-state index is 0.0824. The molecule has 0 saturated carbocycles. The van der Waals surface area contributed by atoms with E-state index in [1.54, 1.807) is 0 Å². The van der Waals surface area contributed by atoms with Crippen molar-refractivity contribution < 1.29 is 9.59 Å². The monoisotopic (exact) mass is 362 g/mol. The van der Waals surface area contributed by atoms with Crippen LogP contribution in [0.4, 0.5) is 5.69 Å². The summed E-state index contributed by atoms with van der Waals surface area (Å²) < 4.78 is 0. The van der Waals surface area contributed by atoms with Crippen molar-refractivity contribution in [3.63, 3.8) is 0 Å². The molecule has 0 radical (unpaired) electrons. The van der Waals surface area contributed by atoms with Crippen LogP contribution in [0.1, 0.15) is 19.8 Å². The lowest BCUT2D eigenvalue weighted by molar-refractivity contribution is -0.120. The zero-order chi connectivity index (χ0) is 15.9. The van der Waals surface area contributed by atoms with Crippen molar-refractivity contribution in [1.82, 2.24) is 5.32 Å². The minimum atomic E-state index is -0.198. The molecule has 2 N–H and O–H groups in total. The molecule has 0 heterocycles. The number of hydrogen-bond donors (Lipinski definition) is 2. The maximum atomic E-state index is 11.9. The average molecular weight is 363 g/mol. The van der Waals surface area contributed by atoms with E-state index in [4.69, 9.17) is 0 Å². The molecule has 0 unspecified atom stereocenters. The van der Waals surface area contributed by atoms with Gasteiger partial charge in [0.25, 0.3) is 0 Å². The SMILES string of the molecule is CC[C@@H](Br)C(=O)NCCC(=O)Nc1ccc2ccccc2c1. The lowest BCUT2D eigenvalue weighted by Gasteiger charge is -2.09. The van der Waals surface area contributed by atoms with E-state index in [9.17, 15) is 9.59 Å². The summed E-state index contributed by atoms with van der Waals surface area (Å²) >= 11 is 3.27. The highest BCUT2D eigenvalue weighted by Gasteiger charge is 2.12. The maximum Gasteiger partial charge on any atom is 0.233 e. The van der Waals surface area contributed by atoms with E-state index in [0.717, 1.165) is 22.9 Å². The van der Waals surface area contributed by atoms with Gasteiger partial charge in [-0.1, -0.05) is 53.2 Å². The molecule has 2 amide bonds. The van der Waals surface area contributed by atoms with Crippen molar-refractivity contribution in [3.8, 4) is 0 Å². The molecule has 0 saturated heterocycles. The van der Waals surface area contributed by atoms with Crippen molar-refractivity contribution in [3.05, 3.63) is 42.5 Å². The summed E-state index contributed by atoms with van der Waals surface area (Å²) in [6.07, 6.45) is 0.969. The second kappa shape index (κ2) is 7.94. The van der Waals surface area contributed by atoms with E-state index < -0.39 is 0 Å². The smallest absolute Gasteiger partial charge is 0.233 e. The van der Waals surface area contributed by atoms with Gasteiger partial charge in [-0.25, -0.2) is 0 Å². The molecule has 0 aromatic heterocycles. The first-order chi connectivity index (χ1) is 10.6. The molecule has 2 aromatic rings. The number of halogens is 1. The number of hydrogen-bond acceptors (Lipinski definition) is 2. The first-order valence-corrected chi connectivity index (χ1v) is 8.22. The molecular formula is C17H19BrN2O2. The number of anilines is 1. The lowest BCUT2D eigenvalue weighted by Crippen LogP contribution is -2.33. The quantitative estimate of drug-likeness (QED) is 0.773. The Bertz CT molecular complexity index is 673. The molecule has 22 heavy (non-hydrogen) atoms. The van der Waals surface area contributed by atoms with E-state index >= 15 is 0 Å². The topological polar surface area (TPSA) is 58.2 Å².